The molecule has 0 amide bonds. The Morgan fingerprint density at radius 3 is 2.29 bits per heavy atom. The van der Waals surface area contributed by atoms with Gasteiger partial charge in [0.05, 0.1) is 7.11 Å². The molecule has 2 aromatic carbocycles. The van der Waals surface area contributed by atoms with E-state index < -0.39 is 12.1 Å². The summed E-state index contributed by atoms with van der Waals surface area (Å²) < 4.78 is 10.6. The standard InChI is InChI=1S/C16H14BrClO3/c1-20-16(19)15(12-4-6-13(18)7-5-12)21-14-8-2-11(10-17)3-9-14/h2-9,15H,10H2,1H3. The zero-order valence-electron chi connectivity index (χ0n) is 11.4. The van der Waals surface area contributed by atoms with Crippen LogP contribution in [0.3, 0.4) is 0 Å². The van der Waals surface area contributed by atoms with E-state index in [9.17, 15) is 4.79 Å². The van der Waals surface area contributed by atoms with E-state index in [1.165, 1.54) is 7.11 Å². The minimum atomic E-state index is -0.818. The quantitative estimate of drug-likeness (QED) is 0.574. The van der Waals surface area contributed by atoms with Gasteiger partial charge in [-0.15, -0.1) is 0 Å². The van der Waals surface area contributed by atoms with E-state index in [1.54, 1.807) is 24.3 Å². The number of carbonyl (C=O) groups is 1. The average molecular weight is 370 g/mol. The fourth-order valence-electron chi connectivity index (χ4n) is 1.79. The maximum absolute atomic E-state index is 11.9. The van der Waals surface area contributed by atoms with E-state index in [-0.39, 0.29) is 0 Å². The molecule has 0 aliphatic heterocycles. The number of alkyl halides is 1. The summed E-state index contributed by atoms with van der Waals surface area (Å²) in [6.45, 7) is 0. The molecule has 0 N–H and O–H groups in total. The van der Waals surface area contributed by atoms with Gasteiger partial charge in [-0.1, -0.05) is 51.8 Å². The van der Waals surface area contributed by atoms with Crippen molar-refractivity contribution in [3.8, 4) is 5.75 Å². The molecule has 0 aliphatic carbocycles. The molecule has 0 aromatic heterocycles. The number of halogens is 2. The van der Waals surface area contributed by atoms with Gasteiger partial charge in [-0.3, -0.25) is 0 Å². The summed E-state index contributed by atoms with van der Waals surface area (Å²) >= 11 is 9.25. The Hall–Kier alpha value is -1.52. The van der Waals surface area contributed by atoms with Crippen LogP contribution >= 0.6 is 27.5 Å². The molecule has 3 nitrogen and oxygen atoms in total. The number of hydrogen-bond acceptors (Lipinski definition) is 3. The first kappa shape index (κ1) is 15.9. The number of methoxy groups -OCH3 is 1. The van der Waals surface area contributed by atoms with E-state index in [0.29, 0.717) is 16.3 Å². The minimum Gasteiger partial charge on any atom is -0.474 e. The van der Waals surface area contributed by atoms with Gasteiger partial charge in [-0.25, -0.2) is 4.79 Å². The van der Waals surface area contributed by atoms with Crippen LogP contribution in [0.15, 0.2) is 48.5 Å². The molecular weight excluding hydrogens is 356 g/mol. The predicted molar refractivity (Wildman–Crippen MR) is 85.9 cm³/mol. The lowest BCUT2D eigenvalue weighted by atomic mass is 10.1. The second-order valence-corrected chi connectivity index (χ2v) is 5.35. The Labute approximate surface area is 137 Å². The van der Waals surface area contributed by atoms with Gasteiger partial charge in [-0.2, -0.15) is 0 Å². The molecule has 2 rings (SSSR count). The predicted octanol–water partition coefficient (Wildman–Crippen LogP) is 4.53. The van der Waals surface area contributed by atoms with Crippen molar-refractivity contribution in [3.63, 3.8) is 0 Å². The highest BCUT2D eigenvalue weighted by atomic mass is 79.9. The van der Waals surface area contributed by atoms with Crippen LogP contribution in [0.2, 0.25) is 5.02 Å². The Kier molecular flexibility index (Phi) is 5.65. The fourth-order valence-corrected chi connectivity index (χ4v) is 2.29. The molecule has 0 fully saturated rings. The minimum absolute atomic E-state index is 0.457. The molecule has 0 heterocycles. The summed E-state index contributed by atoms with van der Waals surface area (Å²) in [6.07, 6.45) is -0.818. The number of ether oxygens (including phenoxy) is 2. The Morgan fingerprint density at radius 1 is 1.14 bits per heavy atom. The van der Waals surface area contributed by atoms with Crippen molar-refractivity contribution in [2.45, 2.75) is 11.4 Å². The maximum atomic E-state index is 11.9. The van der Waals surface area contributed by atoms with Gasteiger partial charge in [0.1, 0.15) is 5.75 Å². The van der Waals surface area contributed by atoms with Gasteiger partial charge in [0.25, 0.3) is 0 Å². The first-order chi connectivity index (χ1) is 10.1. The topological polar surface area (TPSA) is 35.5 Å². The zero-order valence-corrected chi connectivity index (χ0v) is 13.7. The van der Waals surface area contributed by atoms with Crippen molar-refractivity contribution in [1.82, 2.24) is 0 Å². The summed E-state index contributed by atoms with van der Waals surface area (Å²) in [5.41, 5.74) is 1.82. The first-order valence-corrected chi connectivity index (χ1v) is 7.79. The molecule has 1 atom stereocenters. The van der Waals surface area contributed by atoms with Gasteiger partial charge >= 0.3 is 5.97 Å². The highest BCUT2D eigenvalue weighted by Crippen LogP contribution is 2.25. The van der Waals surface area contributed by atoms with Gasteiger partial charge in [-0.05, 0) is 29.8 Å². The lowest BCUT2D eigenvalue weighted by Gasteiger charge is -2.17. The molecule has 0 saturated carbocycles. The van der Waals surface area contributed by atoms with E-state index in [2.05, 4.69) is 15.9 Å². The molecule has 0 bridgehead atoms. The summed E-state index contributed by atoms with van der Waals surface area (Å²) in [5, 5.41) is 1.37. The molecule has 2 aromatic rings. The molecule has 21 heavy (non-hydrogen) atoms. The lowest BCUT2D eigenvalue weighted by Crippen LogP contribution is -2.20. The summed E-state index contributed by atoms with van der Waals surface area (Å²) in [5.74, 6) is 0.145. The van der Waals surface area contributed by atoms with Crippen LogP contribution in [0.5, 0.6) is 5.75 Å². The molecule has 0 spiro atoms. The van der Waals surface area contributed by atoms with Crippen molar-refractivity contribution >= 4 is 33.5 Å². The molecular formula is C16H14BrClO3. The van der Waals surface area contributed by atoms with Gasteiger partial charge in [0.15, 0.2) is 0 Å². The molecule has 0 saturated heterocycles. The summed E-state index contributed by atoms with van der Waals surface area (Å²) in [4.78, 5) is 11.9. The lowest BCUT2D eigenvalue weighted by molar-refractivity contribution is -0.149. The fraction of sp³-hybridized carbons (Fsp3) is 0.188. The number of esters is 1. The second-order valence-electron chi connectivity index (χ2n) is 4.35. The first-order valence-electron chi connectivity index (χ1n) is 6.29. The van der Waals surface area contributed by atoms with E-state index in [0.717, 1.165) is 10.9 Å². The number of hydrogen-bond donors (Lipinski definition) is 0. The van der Waals surface area contributed by atoms with Crippen molar-refractivity contribution in [1.29, 1.82) is 0 Å². The maximum Gasteiger partial charge on any atom is 0.351 e. The normalized spacial score (nSPS) is 11.8. The van der Waals surface area contributed by atoms with Crippen molar-refractivity contribution < 1.29 is 14.3 Å². The van der Waals surface area contributed by atoms with Crippen LogP contribution in [-0.2, 0) is 14.9 Å². The van der Waals surface area contributed by atoms with Crippen LogP contribution in [0.4, 0.5) is 0 Å². The highest BCUT2D eigenvalue weighted by molar-refractivity contribution is 9.08. The molecule has 1 unspecified atom stereocenters. The van der Waals surface area contributed by atoms with Crippen molar-refractivity contribution in [3.05, 3.63) is 64.7 Å². The third-order valence-corrected chi connectivity index (χ3v) is 3.82. The largest absolute Gasteiger partial charge is 0.474 e. The SMILES string of the molecule is COC(=O)C(Oc1ccc(CBr)cc1)c1ccc(Cl)cc1. The van der Waals surface area contributed by atoms with E-state index in [4.69, 9.17) is 21.1 Å². The van der Waals surface area contributed by atoms with Gasteiger partial charge in [0, 0.05) is 15.9 Å². The van der Waals surface area contributed by atoms with Crippen LogP contribution in [0.25, 0.3) is 0 Å². The van der Waals surface area contributed by atoms with E-state index >= 15 is 0 Å². The second kappa shape index (κ2) is 7.48. The Bertz CT molecular complexity index is 596. The monoisotopic (exact) mass is 368 g/mol. The highest BCUT2D eigenvalue weighted by Gasteiger charge is 2.23. The molecule has 0 aliphatic rings. The van der Waals surface area contributed by atoms with E-state index in [1.807, 2.05) is 24.3 Å². The summed E-state index contributed by atoms with van der Waals surface area (Å²) in [6, 6.07) is 14.4. The number of carbonyl (C=O) groups excluding carboxylic acids is 1. The molecule has 110 valence electrons. The third-order valence-electron chi connectivity index (χ3n) is 2.92. The van der Waals surface area contributed by atoms with Crippen molar-refractivity contribution in [2.24, 2.45) is 0 Å². The number of rotatable bonds is 5. The average Bonchev–Trinajstić information content (AvgIpc) is 2.53. The smallest absolute Gasteiger partial charge is 0.351 e. The molecule has 0 radical (unpaired) electrons. The van der Waals surface area contributed by atoms with Crippen LogP contribution < -0.4 is 4.74 Å². The summed E-state index contributed by atoms with van der Waals surface area (Å²) in [7, 11) is 1.34. The van der Waals surface area contributed by atoms with Crippen LogP contribution in [-0.4, -0.2) is 13.1 Å². The number of benzene rings is 2. The Balaban J connectivity index is 2.23. The third kappa shape index (κ3) is 4.22. The van der Waals surface area contributed by atoms with Gasteiger partial charge < -0.3 is 9.47 Å². The zero-order chi connectivity index (χ0) is 15.2. The van der Waals surface area contributed by atoms with Crippen molar-refractivity contribution in [2.75, 3.05) is 7.11 Å². The molecule has 5 heteroatoms. The Morgan fingerprint density at radius 2 is 1.76 bits per heavy atom. The van der Waals surface area contributed by atoms with Crippen LogP contribution in [0.1, 0.15) is 17.2 Å². The van der Waals surface area contributed by atoms with Crippen LogP contribution in [0, 0.1) is 0 Å². The van der Waals surface area contributed by atoms with Gasteiger partial charge in [0.2, 0.25) is 6.10 Å².